The Hall–Kier alpha value is -3.09. The third-order valence-corrected chi connectivity index (χ3v) is 6.72. The Morgan fingerprint density at radius 3 is 2.78 bits per heavy atom. The van der Waals surface area contributed by atoms with E-state index in [2.05, 4.69) is 11.9 Å². The van der Waals surface area contributed by atoms with Crippen LogP contribution in [0, 0.1) is 5.82 Å². The van der Waals surface area contributed by atoms with E-state index in [0.717, 1.165) is 31.2 Å². The summed E-state index contributed by atoms with van der Waals surface area (Å²) in [6.45, 7) is 2.79. The van der Waals surface area contributed by atoms with E-state index in [0.29, 0.717) is 12.1 Å². The van der Waals surface area contributed by atoms with Gasteiger partial charge in [0.2, 0.25) is 17.7 Å². The highest BCUT2D eigenvalue weighted by atomic mass is 19.1. The van der Waals surface area contributed by atoms with Gasteiger partial charge in [-0.25, -0.2) is 4.39 Å². The molecule has 0 spiro atoms. The van der Waals surface area contributed by atoms with Crippen LogP contribution in [0.15, 0.2) is 48.8 Å². The number of benzene rings is 1. The van der Waals surface area contributed by atoms with Crippen molar-refractivity contribution in [2.75, 3.05) is 6.54 Å². The average Bonchev–Trinajstić information content (AvgIpc) is 3.04. The number of imide groups is 1. The maximum Gasteiger partial charge on any atom is 0.241 e. The van der Waals surface area contributed by atoms with E-state index >= 15 is 0 Å². The topological polar surface area (TPSA) is 70.6 Å². The second kappa shape index (κ2) is 9.18. The fourth-order valence-electron chi connectivity index (χ4n) is 5.00. The molecule has 2 unspecified atom stereocenters. The summed E-state index contributed by atoms with van der Waals surface area (Å²) in [5.41, 5.74) is -0.297. The summed E-state index contributed by atoms with van der Waals surface area (Å²) in [5, 5.41) is 0. The van der Waals surface area contributed by atoms with Gasteiger partial charge in [0.15, 0.2) is 0 Å². The number of pyridine rings is 1. The summed E-state index contributed by atoms with van der Waals surface area (Å²) in [5.74, 6) is -1.45. The Labute approximate surface area is 187 Å². The largest absolute Gasteiger partial charge is 0.340 e. The Kier molecular flexibility index (Phi) is 6.35. The molecule has 3 heterocycles. The average molecular weight is 438 g/mol. The normalized spacial score (nSPS) is 23.6. The Balaban J connectivity index is 1.68. The number of aromatic nitrogens is 1. The third-order valence-electron chi connectivity index (χ3n) is 6.72. The molecule has 6 nitrogen and oxygen atoms in total. The third kappa shape index (κ3) is 4.16. The van der Waals surface area contributed by atoms with E-state index in [1.54, 1.807) is 30.6 Å². The van der Waals surface area contributed by atoms with Gasteiger partial charge < -0.3 is 4.90 Å². The molecule has 0 aliphatic carbocycles. The zero-order chi connectivity index (χ0) is 22.7. The molecule has 0 saturated carbocycles. The van der Waals surface area contributed by atoms with Crippen molar-refractivity contribution in [2.45, 2.75) is 63.5 Å². The van der Waals surface area contributed by atoms with Crippen molar-refractivity contribution in [3.8, 4) is 0 Å². The Morgan fingerprint density at radius 2 is 2.06 bits per heavy atom. The van der Waals surface area contributed by atoms with Crippen LogP contribution in [0.1, 0.15) is 56.6 Å². The highest BCUT2D eigenvalue weighted by molar-refractivity contribution is 6.10. The highest BCUT2D eigenvalue weighted by Crippen LogP contribution is 2.41. The van der Waals surface area contributed by atoms with Crippen LogP contribution in [0.2, 0.25) is 0 Å². The van der Waals surface area contributed by atoms with Crippen LogP contribution in [-0.2, 0) is 26.3 Å². The number of likely N-dealkylation sites (tertiary alicyclic amines) is 2. The van der Waals surface area contributed by atoms with Crippen LogP contribution in [0.5, 0.6) is 0 Å². The number of amides is 3. The Bertz CT molecular complexity index is 1010. The minimum absolute atomic E-state index is 0.0814. The van der Waals surface area contributed by atoms with Crippen LogP contribution in [-0.4, -0.2) is 45.1 Å². The lowest BCUT2D eigenvalue weighted by molar-refractivity contribution is -0.144. The van der Waals surface area contributed by atoms with Crippen LogP contribution in [0.25, 0.3) is 0 Å². The lowest BCUT2D eigenvalue weighted by Crippen LogP contribution is -2.48. The predicted molar refractivity (Wildman–Crippen MR) is 117 cm³/mol. The number of rotatable bonds is 6. The van der Waals surface area contributed by atoms with Crippen molar-refractivity contribution in [1.82, 2.24) is 14.8 Å². The minimum Gasteiger partial charge on any atom is -0.340 e. The van der Waals surface area contributed by atoms with Crippen molar-refractivity contribution in [3.63, 3.8) is 0 Å². The molecule has 2 aliphatic heterocycles. The molecule has 0 radical (unpaired) electrons. The molecule has 2 aliphatic rings. The standard InChI is InChI=1S/C25H28FN3O3/c1-2-21-10-3-4-12-28(21)22(30)14-25(19-8-5-9-20(26)13-19)15-23(31)29(24(25)32)17-18-7-6-11-27-16-18/h5-9,11,13,16,21H,2-4,10,12,14-15,17H2,1H3. The maximum atomic E-state index is 14.2. The van der Waals surface area contributed by atoms with Crippen molar-refractivity contribution in [3.05, 3.63) is 65.7 Å². The van der Waals surface area contributed by atoms with E-state index in [1.807, 2.05) is 4.90 Å². The van der Waals surface area contributed by atoms with Gasteiger partial charge in [0.1, 0.15) is 5.82 Å². The number of hydrogen-bond acceptors (Lipinski definition) is 4. The predicted octanol–water partition coefficient (Wildman–Crippen LogP) is 3.60. The molecule has 0 bridgehead atoms. The number of hydrogen-bond donors (Lipinski definition) is 0. The SMILES string of the molecule is CCC1CCCCN1C(=O)CC1(c2cccc(F)c2)CC(=O)N(Cc2cccnc2)C1=O. The smallest absolute Gasteiger partial charge is 0.241 e. The molecule has 3 amide bonds. The second-order valence-corrected chi connectivity index (χ2v) is 8.74. The number of halogens is 1. The molecule has 32 heavy (non-hydrogen) atoms. The zero-order valence-electron chi connectivity index (χ0n) is 18.3. The molecule has 4 rings (SSSR count). The summed E-state index contributed by atoms with van der Waals surface area (Å²) >= 11 is 0. The van der Waals surface area contributed by atoms with Gasteiger partial charge in [-0.05, 0) is 55.0 Å². The van der Waals surface area contributed by atoms with Crippen molar-refractivity contribution in [2.24, 2.45) is 0 Å². The molecule has 2 aromatic rings. The summed E-state index contributed by atoms with van der Waals surface area (Å²) in [6.07, 6.45) is 6.73. The van der Waals surface area contributed by atoms with Gasteiger partial charge in [0, 0.05) is 37.8 Å². The molecule has 2 fully saturated rings. The first-order chi connectivity index (χ1) is 15.4. The number of carbonyl (C=O) groups excluding carboxylic acids is 3. The molecule has 0 N–H and O–H groups in total. The zero-order valence-corrected chi connectivity index (χ0v) is 18.3. The summed E-state index contributed by atoms with van der Waals surface area (Å²) in [6, 6.07) is 9.41. The first kappa shape index (κ1) is 22.1. The first-order valence-corrected chi connectivity index (χ1v) is 11.2. The van der Waals surface area contributed by atoms with Gasteiger partial charge in [-0.15, -0.1) is 0 Å². The van der Waals surface area contributed by atoms with E-state index in [1.165, 1.54) is 23.1 Å². The summed E-state index contributed by atoms with van der Waals surface area (Å²) in [4.78, 5) is 47.3. The van der Waals surface area contributed by atoms with E-state index in [-0.39, 0.29) is 37.2 Å². The maximum absolute atomic E-state index is 14.2. The van der Waals surface area contributed by atoms with Gasteiger partial charge >= 0.3 is 0 Å². The lowest BCUT2D eigenvalue weighted by Gasteiger charge is -2.37. The lowest BCUT2D eigenvalue weighted by atomic mass is 9.75. The molecular weight excluding hydrogens is 409 g/mol. The molecule has 1 aromatic carbocycles. The van der Waals surface area contributed by atoms with Gasteiger partial charge in [0.25, 0.3) is 0 Å². The van der Waals surface area contributed by atoms with Crippen molar-refractivity contribution in [1.29, 1.82) is 0 Å². The summed E-state index contributed by atoms with van der Waals surface area (Å²) in [7, 11) is 0. The van der Waals surface area contributed by atoms with E-state index in [9.17, 15) is 18.8 Å². The van der Waals surface area contributed by atoms with Crippen molar-refractivity contribution < 1.29 is 18.8 Å². The molecule has 7 heteroatoms. The summed E-state index contributed by atoms with van der Waals surface area (Å²) < 4.78 is 14.2. The number of carbonyl (C=O) groups is 3. The van der Waals surface area contributed by atoms with Gasteiger partial charge in [-0.2, -0.15) is 0 Å². The van der Waals surface area contributed by atoms with Crippen LogP contribution in [0.3, 0.4) is 0 Å². The molecule has 2 saturated heterocycles. The molecular formula is C25H28FN3O3. The first-order valence-electron chi connectivity index (χ1n) is 11.2. The monoisotopic (exact) mass is 437 g/mol. The Morgan fingerprint density at radius 1 is 1.22 bits per heavy atom. The van der Waals surface area contributed by atoms with Gasteiger partial charge in [-0.3, -0.25) is 24.3 Å². The van der Waals surface area contributed by atoms with Gasteiger partial charge in [-0.1, -0.05) is 25.1 Å². The van der Waals surface area contributed by atoms with Crippen molar-refractivity contribution >= 4 is 17.7 Å². The fraction of sp³-hybridized carbons (Fsp3) is 0.440. The van der Waals surface area contributed by atoms with Crippen LogP contribution >= 0.6 is 0 Å². The van der Waals surface area contributed by atoms with Gasteiger partial charge in [0.05, 0.1) is 12.0 Å². The van der Waals surface area contributed by atoms with E-state index in [4.69, 9.17) is 0 Å². The quantitative estimate of drug-likeness (QED) is 0.648. The molecule has 2 atom stereocenters. The molecule has 1 aromatic heterocycles. The van der Waals surface area contributed by atoms with Crippen LogP contribution < -0.4 is 0 Å². The number of nitrogens with zero attached hydrogens (tertiary/aromatic N) is 3. The van der Waals surface area contributed by atoms with Crippen LogP contribution in [0.4, 0.5) is 4.39 Å². The molecule has 168 valence electrons. The number of piperidine rings is 1. The second-order valence-electron chi connectivity index (χ2n) is 8.74. The van der Waals surface area contributed by atoms with E-state index < -0.39 is 17.1 Å². The highest BCUT2D eigenvalue weighted by Gasteiger charge is 2.54. The minimum atomic E-state index is -1.39. The fourth-order valence-corrected chi connectivity index (χ4v) is 5.00.